The summed E-state index contributed by atoms with van der Waals surface area (Å²) in [5, 5.41) is 8.62. The number of para-hydroxylation sites is 1. The Bertz CT molecular complexity index is 978. The summed E-state index contributed by atoms with van der Waals surface area (Å²) in [6.45, 7) is 6.46. The maximum Gasteiger partial charge on any atom is 0.233 e. The number of nitrogens with zero attached hydrogens (tertiary/aromatic N) is 4. The van der Waals surface area contributed by atoms with Gasteiger partial charge in [0, 0.05) is 7.05 Å². The number of hydrogen-bond acceptors (Lipinski definition) is 7. The van der Waals surface area contributed by atoms with E-state index < -0.39 is 0 Å². The van der Waals surface area contributed by atoms with Crippen molar-refractivity contribution in [3.8, 4) is 5.75 Å². The van der Waals surface area contributed by atoms with Gasteiger partial charge in [-0.3, -0.25) is 4.79 Å². The van der Waals surface area contributed by atoms with Crippen LogP contribution in [0.2, 0.25) is 0 Å². The highest BCUT2D eigenvalue weighted by atomic mass is 32.2. The predicted molar refractivity (Wildman–Crippen MR) is 111 cm³/mol. The van der Waals surface area contributed by atoms with Crippen LogP contribution in [0.25, 0.3) is 0 Å². The second-order valence-electron chi connectivity index (χ2n) is 6.83. The molecule has 2 N–H and O–H groups in total. The number of benzene rings is 1. The molecule has 2 heterocycles. The summed E-state index contributed by atoms with van der Waals surface area (Å²) in [5.74, 6) is 9.10. The van der Waals surface area contributed by atoms with Crippen molar-refractivity contribution in [3.05, 3.63) is 58.8 Å². The highest BCUT2D eigenvalue weighted by Gasteiger charge is 2.16. The van der Waals surface area contributed by atoms with Crippen LogP contribution in [0.1, 0.15) is 28.5 Å². The molecule has 29 heavy (non-hydrogen) atoms. The highest BCUT2D eigenvalue weighted by molar-refractivity contribution is 7.99. The first-order chi connectivity index (χ1) is 13.8. The smallest absolute Gasteiger partial charge is 0.233 e. The van der Waals surface area contributed by atoms with E-state index in [2.05, 4.69) is 10.2 Å². The number of ether oxygens (including phenoxy) is 1. The maximum atomic E-state index is 12.4. The van der Waals surface area contributed by atoms with Gasteiger partial charge in [-0.05, 0) is 44.0 Å². The van der Waals surface area contributed by atoms with Crippen LogP contribution in [-0.4, -0.2) is 38.5 Å². The standard InChI is InChI=1S/C20H25N5O3S/c1-13-6-5-7-14(2)19(13)27-11-17-22-23-20(25(17)21)29-12-18(26)24(4)10-16-9-8-15(3)28-16/h5-9H,10-12,21H2,1-4H3. The van der Waals surface area contributed by atoms with Crippen LogP contribution in [0.5, 0.6) is 5.75 Å². The Hall–Kier alpha value is -2.94. The SMILES string of the molecule is Cc1ccc(CN(C)C(=O)CSc2nnc(COc3c(C)cccc3C)n2N)o1. The van der Waals surface area contributed by atoms with Gasteiger partial charge in [0.2, 0.25) is 11.1 Å². The first kappa shape index (κ1) is 20.8. The quantitative estimate of drug-likeness (QED) is 0.446. The van der Waals surface area contributed by atoms with Gasteiger partial charge in [0.05, 0.1) is 12.3 Å². The molecule has 1 aromatic carbocycles. The van der Waals surface area contributed by atoms with Crippen molar-refractivity contribution in [2.45, 2.75) is 39.1 Å². The van der Waals surface area contributed by atoms with Gasteiger partial charge >= 0.3 is 0 Å². The van der Waals surface area contributed by atoms with Gasteiger partial charge in [-0.25, -0.2) is 4.68 Å². The van der Waals surface area contributed by atoms with Crippen molar-refractivity contribution >= 4 is 17.7 Å². The number of aryl methyl sites for hydroxylation is 3. The molecule has 3 aromatic rings. The zero-order valence-electron chi connectivity index (χ0n) is 17.0. The molecule has 0 aliphatic heterocycles. The van der Waals surface area contributed by atoms with Crippen LogP contribution in [0.4, 0.5) is 0 Å². The summed E-state index contributed by atoms with van der Waals surface area (Å²) >= 11 is 1.24. The van der Waals surface area contributed by atoms with Gasteiger partial charge in [-0.15, -0.1) is 10.2 Å². The fraction of sp³-hybridized carbons (Fsp3) is 0.350. The molecule has 0 bridgehead atoms. The molecule has 8 nitrogen and oxygen atoms in total. The van der Waals surface area contributed by atoms with E-state index in [9.17, 15) is 4.79 Å². The Morgan fingerprint density at radius 3 is 2.59 bits per heavy atom. The molecule has 1 amide bonds. The largest absolute Gasteiger partial charge is 0.485 e. The van der Waals surface area contributed by atoms with Crippen LogP contribution in [0.15, 0.2) is 39.9 Å². The minimum Gasteiger partial charge on any atom is -0.485 e. The molecule has 0 fully saturated rings. The third kappa shape index (κ3) is 5.11. The monoisotopic (exact) mass is 415 g/mol. The van der Waals surface area contributed by atoms with E-state index in [4.69, 9.17) is 15.0 Å². The first-order valence-electron chi connectivity index (χ1n) is 9.15. The molecule has 154 valence electrons. The molecule has 0 aliphatic rings. The third-order valence-electron chi connectivity index (χ3n) is 4.43. The van der Waals surface area contributed by atoms with E-state index in [0.717, 1.165) is 28.4 Å². The van der Waals surface area contributed by atoms with Gasteiger partial charge in [-0.1, -0.05) is 30.0 Å². The van der Waals surface area contributed by atoms with Gasteiger partial charge < -0.3 is 19.9 Å². The molecule has 0 radical (unpaired) electrons. The normalized spacial score (nSPS) is 10.9. The summed E-state index contributed by atoms with van der Waals surface area (Å²) in [4.78, 5) is 14.0. The van der Waals surface area contributed by atoms with Gasteiger partial charge in [0.1, 0.15) is 23.9 Å². The van der Waals surface area contributed by atoms with Gasteiger partial charge in [0.15, 0.2) is 5.82 Å². The number of amides is 1. The van der Waals surface area contributed by atoms with E-state index in [1.165, 1.54) is 16.4 Å². The van der Waals surface area contributed by atoms with Crippen molar-refractivity contribution in [1.29, 1.82) is 0 Å². The summed E-state index contributed by atoms with van der Waals surface area (Å²) in [7, 11) is 1.73. The van der Waals surface area contributed by atoms with Crippen LogP contribution < -0.4 is 10.6 Å². The molecule has 3 rings (SSSR count). The van der Waals surface area contributed by atoms with Crippen molar-refractivity contribution in [2.75, 3.05) is 18.6 Å². The van der Waals surface area contributed by atoms with E-state index in [1.807, 2.05) is 51.1 Å². The Kier molecular flexibility index (Phi) is 6.48. The Labute approximate surface area is 174 Å². The molecule has 0 unspecified atom stereocenters. The molecular weight excluding hydrogens is 390 g/mol. The fourth-order valence-corrected chi connectivity index (χ4v) is 3.61. The number of nitrogens with two attached hydrogens (primary N) is 1. The summed E-state index contributed by atoms with van der Waals surface area (Å²) in [6, 6.07) is 9.71. The first-order valence-corrected chi connectivity index (χ1v) is 10.1. The van der Waals surface area contributed by atoms with Gasteiger partial charge in [-0.2, -0.15) is 0 Å². The van der Waals surface area contributed by atoms with Crippen LogP contribution in [0, 0.1) is 20.8 Å². The highest BCUT2D eigenvalue weighted by Crippen LogP contribution is 2.23. The molecule has 9 heteroatoms. The minimum atomic E-state index is -0.0552. The average molecular weight is 416 g/mol. The number of nitrogen functional groups attached to an aromatic ring is 1. The number of carbonyl (C=O) groups is 1. The summed E-state index contributed by atoms with van der Waals surface area (Å²) in [5.41, 5.74) is 2.09. The minimum absolute atomic E-state index is 0.0552. The van der Waals surface area contributed by atoms with Crippen molar-refractivity contribution in [1.82, 2.24) is 19.8 Å². The topological polar surface area (TPSA) is 99.4 Å². The third-order valence-corrected chi connectivity index (χ3v) is 5.36. The molecule has 0 spiro atoms. The number of aromatic nitrogens is 3. The van der Waals surface area contributed by atoms with Crippen molar-refractivity contribution < 1.29 is 13.9 Å². The molecule has 0 aliphatic carbocycles. The lowest BCUT2D eigenvalue weighted by molar-refractivity contribution is -0.127. The summed E-state index contributed by atoms with van der Waals surface area (Å²) in [6.07, 6.45) is 0. The molecule has 0 saturated carbocycles. The Morgan fingerprint density at radius 1 is 1.21 bits per heavy atom. The lowest BCUT2D eigenvalue weighted by Crippen LogP contribution is -2.28. The number of thioether (sulfide) groups is 1. The number of rotatable bonds is 8. The molecule has 0 saturated heterocycles. The Morgan fingerprint density at radius 2 is 1.93 bits per heavy atom. The molecule has 2 aromatic heterocycles. The Balaban J connectivity index is 1.54. The van der Waals surface area contributed by atoms with Crippen molar-refractivity contribution in [3.63, 3.8) is 0 Å². The fourth-order valence-electron chi connectivity index (χ4n) is 2.80. The average Bonchev–Trinajstić information content (AvgIpc) is 3.24. The number of furan rings is 1. The summed E-state index contributed by atoms with van der Waals surface area (Å²) < 4.78 is 12.8. The maximum absolute atomic E-state index is 12.4. The van der Waals surface area contributed by atoms with Crippen LogP contribution in [0.3, 0.4) is 0 Å². The van der Waals surface area contributed by atoms with E-state index in [-0.39, 0.29) is 18.3 Å². The molecular formula is C20H25N5O3S. The zero-order valence-corrected chi connectivity index (χ0v) is 17.8. The second kappa shape index (κ2) is 9.04. The molecule has 0 atom stereocenters. The predicted octanol–water partition coefficient (Wildman–Crippen LogP) is 2.84. The zero-order chi connectivity index (χ0) is 21.0. The van der Waals surface area contributed by atoms with E-state index in [1.54, 1.807) is 11.9 Å². The number of hydrogen-bond donors (Lipinski definition) is 1. The number of carbonyl (C=O) groups excluding carboxylic acids is 1. The van der Waals surface area contributed by atoms with Gasteiger partial charge in [0.25, 0.3) is 0 Å². The second-order valence-corrected chi connectivity index (χ2v) is 7.77. The van der Waals surface area contributed by atoms with Crippen LogP contribution in [-0.2, 0) is 17.9 Å². The lowest BCUT2D eigenvalue weighted by atomic mass is 10.1. The van der Waals surface area contributed by atoms with Crippen LogP contribution >= 0.6 is 11.8 Å². The van der Waals surface area contributed by atoms with E-state index in [0.29, 0.717) is 17.5 Å². The lowest BCUT2D eigenvalue weighted by Gasteiger charge is -2.15. The van der Waals surface area contributed by atoms with E-state index >= 15 is 0 Å². The van der Waals surface area contributed by atoms with Crippen molar-refractivity contribution in [2.24, 2.45) is 0 Å².